The van der Waals surface area contributed by atoms with E-state index in [2.05, 4.69) is 78.0 Å². The predicted molar refractivity (Wildman–Crippen MR) is 87.2 cm³/mol. The van der Waals surface area contributed by atoms with Crippen molar-refractivity contribution >= 4 is 0 Å². The summed E-state index contributed by atoms with van der Waals surface area (Å²) in [5.74, 6) is 0. The summed E-state index contributed by atoms with van der Waals surface area (Å²) >= 11 is 0. The van der Waals surface area contributed by atoms with Gasteiger partial charge >= 0.3 is 0 Å². The van der Waals surface area contributed by atoms with E-state index in [0.29, 0.717) is 12.1 Å². The fraction of sp³-hybridized carbons (Fsp3) is 0.471. The Morgan fingerprint density at radius 2 is 1.90 bits per heavy atom. The lowest BCUT2D eigenvalue weighted by Crippen LogP contribution is -2.31. The highest BCUT2D eigenvalue weighted by Gasteiger charge is 2.13. The van der Waals surface area contributed by atoms with Gasteiger partial charge in [0.15, 0.2) is 0 Å². The van der Waals surface area contributed by atoms with Crippen molar-refractivity contribution < 1.29 is 0 Å². The van der Waals surface area contributed by atoms with Gasteiger partial charge in [-0.3, -0.25) is 0 Å². The molecule has 1 N–H and O–H groups in total. The maximum Gasteiger partial charge on any atom is 0.0951 e. The number of nitrogens with one attached hydrogen (secondary N) is 1. The summed E-state index contributed by atoms with van der Waals surface area (Å²) in [4.78, 5) is 6.48. The van der Waals surface area contributed by atoms with E-state index in [9.17, 15) is 0 Å². The summed E-state index contributed by atoms with van der Waals surface area (Å²) in [5.41, 5.74) is 2.55. The Bertz CT molecular complexity index is 531. The zero-order chi connectivity index (χ0) is 15.2. The molecule has 21 heavy (non-hydrogen) atoms. The highest BCUT2D eigenvalue weighted by atomic mass is 15.1. The fourth-order valence-electron chi connectivity index (χ4n) is 2.50. The molecule has 0 aliphatic heterocycles. The van der Waals surface area contributed by atoms with E-state index < -0.39 is 0 Å². The van der Waals surface area contributed by atoms with E-state index in [4.69, 9.17) is 0 Å². The number of hydrogen-bond donors (Lipinski definition) is 1. The van der Waals surface area contributed by atoms with E-state index in [0.717, 1.165) is 13.1 Å². The smallest absolute Gasteiger partial charge is 0.0951 e. The third-order valence-electron chi connectivity index (χ3n) is 3.58. The molecule has 4 heteroatoms. The molecule has 1 unspecified atom stereocenters. The number of imidazole rings is 1. The van der Waals surface area contributed by atoms with Crippen molar-refractivity contribution in [3.8, 4) is 0 Å². The van der Waals surface area contributed by atoms with E-state index in [1.807, 2.05) is 12.5 Å². The van der Waals surface area contributed by atoms with Crippen molar-refractivity contribution in [1.82, 2.24) is 19.8 Å². The molecule has 0 spiro atoms. The Kier molecular flexibility index (Phi) is 5.53. The zero-order valence-corrected chi connectivity index (χ0v) is 13.5. The van der Waals surface area contributed by atoms with Crippen LogP contribution in [0.4, 0.5) is 0 Å². The van der Waals surface area contributed by atoms with E-state index in [1.165, 1.54) is 11.3 Å². The number of hydrogen-bond acceptors (Lipinski definition) is 3. The van der Waals surface area contributed by atoms with Crippen LogP contribution in [-0.2, 0) is 6.54 Å². The zero-order valence-electron chi connectivity index (χ0n) is 13.5. The Morgan fingerprint density at radius 3 is 2.52 bits per heavy atom. The number of rotatable bonds is 7. The third kappa shape index (κ3) is 4.41. The van der Waals surface area contributed by atoms with Gasteiger partial charge in [-0.2, -0.15) is 0 Å². The molecule has 2 rings (SSSR count). The minimum absolute atomic E-state index is 0.316. The standard InChI is InChI=1S/C17H26N4/c1-14(2)21-13-18-10-16(21)11-19-17(12-20(3)4)15-8-6-5-7-9-15/h5-10,13-14,17,19H,11-12H2,1-4H3. The van der Waals surface area contributed by atoms with Crippen LogP contribution in [-0.4, -0.2) is 35.1 Å². The van der Waals surface area contributed by atoms with E-state index in [1.54, 1.807) is 0 Å². The van der Waals surface area contributed by atoms with Crippen molar-refractivity contribution in [2.24, 2.45) is 0 Å². The van der Waals surface area contributed by atoms with Gasteiger partial charge in [-0.15, -0.1) is 0 Å². The average molecular weight is 286 g/mol. The number of aromatic nitrogens is 2. The Morgan fingerprint density at radius 1 is 1.19 bits per heavy atom. The van der Waals surface area contributed by atoms with Crippen LogP contribution in [0.2, 0.25) is 0 Å². The largest absolute Gasteiger partial charge is 0.331 e. The Hall–Kier alpha value is -1.65. The second kappa shape index (κ2) is 7.38. The quantitative estimate of drug-likeness (QED) is 0.849. The van der Waals surface area contributed by atoms with Gasteiger partial charge in [0, 0.05) is 31.4 Å². The van der Waals surface area contributed by atoms with Gasteiger partial charge in [-0.1, -0.05) is 30.3 Å². The molecule has 0 amide bonds. The lowest BCUT2D eigenvalue weighted by atomic mass is 10.1. The summed E-state index contributed by atoms with van der Waals surface area (Å²) in [6.07, 6.45) is 3.86. The molecule has 1 aromatic carbocycles. The topological polar surface area (TPSA) is 33.1 Å². The normalized spacial score (nSPS) is 13.0. The van der Waals surface area contributed by atoms with Crippen LogP contribution in [0.15, 0.2) is 42.9 Å². The molecule has 0 saturated carbocycles. The van der Waals surface area contributed by atoms with Crippen molar-refractivity contribution in [3.63, 3.8) is 0 Å². The molecular formula is C17H26N4. The molecule has 0 radical (unpaired) electrons. The van der Waals surface area contributed by atoms with Crippen LogP contribution >= 0.6 is 0 Å². The van der Waals surface area contributed by atoms with Gasteiger partial charge in [0.1, 0.15) is 0 Å². The Labute approximate surface area is 127 Å². The van der Waals surface area contributed by atoms with Crippen LogP contribution in [0.1, 0.15) is 37.2 Å². The summed E-state index contributed by atoms with van der Waals surface area (Å²) in [6.45, 7) is 6.16. The summed E-state index contributed by atoms with van der Waals surface area (Å²) in [5, 5.41) is 3.66. The molecule has 0 bridgehead atoms. The van der Waals surface area contributed by atoms with Crippen LogP contribution < -0.4 is 5.32 Å². The van der Waals surface area contributed by atoms with E-state index >= 15 is 0 Å². The highest BCUT2D eigenvalue weighted by molar-refractivity contribution is 5.19. The van der Waals surface area contributed by atoms with Gasteiger partial charge < -0.3 is 14.8 Å². The van der Waals surface area contributed by atoms with Gasteiger partial charge in [0.2, 0.25) is 0 Å². The number of benzene rings is 1. The molecule has 0 fully saturated rings. The van der Waals surface area contributed by atoms with Crippen LogP contribution in [0.3, 0.4) is 0 Å². The van der Waals surface area contributed by atoms with Gasteiger partial charge in [0.25, 0.3) is 0 Å². The van der Waals surface area contributed by atoms with Gasteiger partial charge in [0.05, 0.1) is 12.0 Å². The molecule has 114 valence electrons. The second-order valence-electron chi connectivity index (χ2n) is 5.99. The molecule has 0 saturated heterocycles. The molecule has 0 aliphatic carbocycles. The fourth-order valence-corrected chi connectivity index (χ4v) is 2.50. The van der Waals surface area contributed by atoms with Gasteiger partial charge in [-0.25, -0.2) is 4.98 Å². The van der Waals surface area contributed by atoms with Crippen LogP contribution in [0, 0.1) is 0 Å². The molecular weight excluding hydrogens is 260 g/mol. The first kappa shape index (κ1) is 15.7. The number of likely N-dealkylation sites (N-methyl/N-ethyl adjacent to an activating group) is 1. The molecule has 1 atom stereocenters. The minimum Gasteiger partial charge on any atom is -0.331 e. The number of nitrogens with zero attached hydrogens (tertiary/aromatic N) is 3. The first-order valence-corrected chi connectivity index (χ1v) is 7.51. The SMILES string of the molecule is CC(C)n1cncc1CNC(CN(C)C)c1ccccc1. The van der Waals surface area contributed by atoms with Crippen molar-refractivity contribution in [2.45, 2.75) is 32.5 Å². The highest BCUT2D eigenvalue weighted by Crippen LogP contribution is 2.15. The average Bonchev–Trinajstić information content (AvgIpc) is 2.92. The summed E-state index contributed by atoms with van der Waals surface area (Å²) < 4.78 is 2.21. The summed E-state index contributed by atoms with van der Waals surface area (Å²) in [6, 6.07) is 11.4. The lowest BCUT2D eigenvalue weighted by Gasteiger charge is -2.23. The van der Waals surface area contributed by atoms with Crippen molar-refractivity contribution in [1.29, 1.82) is 0 Å². The van der Waals surface area contributed by atoms with Crippen molar-refractivity contribution in [3.05, 3.63) is 54.1 Å². The molecule has 1 heterocycles. The molecule has 4 nitrogen and oxygen atoms in total. The lowest BCUT2D eigenvalue weighted by molar-refractivity contribution is 0.338. The molecule has 2 aromatic rings. The van der Waals surface area contributed by atoms with Crippen LogP contribution in [0.5, 0.6) is 0 Å². The van der Waals surface area contributed by atoms with E-state index in [-0.39, 0.29) is 0 Å². The van der Waals surface area contributed by atoms with Crippen LogP contribution in [0.25, 0.3) is 0 Å². The molecule has 0 aliphatic rings. The second-order valence-corrected chi connectivity index (χ2v) is 5.99. The monoisotopic (exact) mass is 286 g/mol. The van der Waals surface area contributed by atoms with Gasteiger partial charge in [-0.05, 0) is 33.5 Å². The third-order valence-corrected chi connectivity index (χ3v) is 3.58. The Balaban J connectivity index is 2.07. The maximum absolute atomic E-state index is 4.27. The first-order valence-electron chi connectivity index (χ1n) is 7.51. The maximum atomic E-state index is 4.27. The van der Waals surface area contributed by atoms with Crippen molar-refractivity contribution in [2.75, 3.05) is 20.6 Å². The predicted octanol–water partition coefficient (Wildman–Crippen LogP) is 2.86. The molecule has 1 aromatic heterocycles. The summed E-state index contributed by atoms with van der Waals surface area (Å²) in [7, 11) is 4.21. The minimum atomic E-state index is 0.316. The first-order chi connectivity index (χ1) is 10.1.